The van der Waals surface area contributed by atoms with Gasteiger partial charge in [0.15, 0.2) is 0 Å². The van der Waals surface area contributed by atoms with Crippen LogP contribution < -0.4 is 0 Å². The fraction of sp³-hybridized carbons (Fsp3) is 0.815. The van der Waals surface area contributed by atoms with Gasteiger partial charge in [-0.3, -0.25) is 0 Å². The Labute approximate surface area is 189 Å². The molecule has 4 heteroatoms. The van der Waals surface area contributed by atoms with Gasteiger partial charge in [0, 0.05) is 12.0 Å². The van der Waals surface area contributed by atoms with Gasteiger partial charge in [-0.05, 0) is 93.7 Å². The standard InChI is InChI=1S/C27H42N2O2/c1-6-27(30)16-13-24-22-10-9-20-19-21(28-31-18-17-29(7-2)8-3)11-14-25(20,4)23(22)12-15-26(24,27)5/h1,19,22-24,30H,7-18H2,2-5H3/b28-21+/t22?,23?,24?,25-,26-,27-/m0/s1. The van der Waals surface area contributed by atoms with Crippen molar-refractivity contribution in [2.24, 2.45) is 33.7 Å². The topological polar surface area (TPSA) is 45.1 Å². The summed E-state index contributed by atoms with van der Waals surface area (Å²) in [6.07, 6.45) is 16.8. The summed E-state index contributed by atoms with van der Waals surface area (Å²) in [6.45, 7) is 12.9. The van der Waals surface area contributed by atoms with Crippen LogP contribution in [0.15, 0.2) is 16.8 Å². The van der Waals surface area contributed by atoms with E-state index in [0.29, 0.717) is 24.4 Å². The first kappa shape index (κ1) is 22.9. The van der Waals surface area contributed by atoms with Crippen molar-refractivity contribution in [1.29, 1.82) is 0 Å². The van der Waals surface area contributed by atoms with Crippen LogP contribution in [0.4, 0.5) is 0 Å². The zero-order chi connectivity index (χ0) is 22.3. The van der Waals surface area contributed by atoms with Crippen LogP contribution in [-0.2, 0) is 4.84 Å². The van der Waals surface area contributed by atoms with Crippen molar-refractivity contribution in [2.45, 2.75) is 84.7 Å². The third-order valence-electron chi connectivity index (χ3n) is 9.94. The smallest absolute Gasteiger partial charge is 0.130 e. The molecule has 0 heterocycles. The minimum atomic E-state index is -0.908. The summed E-state index contributed by atoms with van der Waals surface area (Å²) in [5.41, 5.74) is 1.95. The van der Waals surface area contributed by atoms with Gasteiger partial charge in [-0.1, -0.05) is 44.3 Å². The molecular weight excluding hydrogens is 384 g/mol. The second-order valence-corrected chi connectivity index (χ2v) is 10.9. The SMILES string of the molecule is C#C[C@]1(O)CCC2C3CCC4=C/C(=N/OCCN(CC)CC)CC[C@]4(C)C3CC[C@@]21C. The predicted molar refractivity (Wildman–Crippen MR) is 127 cm³/mol. The lowest BCUT2D eigenvalue weighted by Crippen LogP contribution is -2.54. The average Bonchev–Trinajstić information content (AvgIpc) is 3.05. The quantitative estimate of drug-likeness (QED) is 0.368. The molecule has 3 fully saturated rings. The van der Waals surface area contributed by atoms with E-state index in [-0.39, 0.29) is 10.8 Å². The van der Waals surface area contributed by atoms with Gasteiger partial charge in [0.1, 0.15) is 12.2 Å². The van der Waals surface area contributed by atoms with Crippen LogP contribution in [-0.4, -0.2) is 47.6 Å². The summed E-state index contributed by atoms with van der Waals surface area (Å²) in [5.74, 6) is 4.75. The monoisotopic (exact) mass is 426 g/mol. The number of fused-ring (bicyclic) bond motifs is 5. The number of rotatable bonds is 6. The Kier molecular flexibility index (Phi) is 6.32. The fourth-order valence-electron chi connectivity index (χ4n) is 7.73. The van der Waals surface area contributed by atoms with E-state index in [1.165, 1.54) is 19.3 Å². The van der Waals surface area contributed by atoms with Gasteiger partial charge in [-0.25, -0.2) is 0 Å². The average molecular weight is 427 g/mol. The molecule has 4 aliphatic carbocycles. The Morgan fingerprint density at radius 3 is 2.58 bits per heavy atom. The molecule has 0 aromatic heterocycles. The highest BCUT2D eigenvalue weighted by molar-refractivity contribution is 5.96. The predicted octanol–water partition coefficient (Wildman–Crippen LogP) is 5.03. The zero-order valence-electron chi connectivity index (χ0n) is 20.1. The largest absolute Gasteiger partial charge is 0.394 e. The second kappa shape index (κ2) is 8.56. The first-order valence-electron chi connectivity index (χ1n) is 12.6. The number of oxime groups is 1. The molecule has 0 aliphatic heterocycles. The lowest BCUT2D eigenvalue weighted by molar-refractivity contribution is -0.0987. The molecule has 1 N–H and O–H groups in total. The first-order valence-corrected chi connectivity index (χ1v) is 12.6. The van der Waals surface area contributed by atoms with E-state index in [4.69, 9.17) is 11.3 Å². The van der Waals surface area contributed by atoms with E-state index >= 15 is 0 Å². The highest BCUT2D eigenvalue weighted by Crippen LogP contribution is 2.67. The summed E-state index contributed by atoms with van der Waals surface area (Å²) >= 11 is 0. The Morgan fingerprint density at radius 1 is 1.13 bits per heavy atom. The molecule has 4 nitrogen and oxygen atoms in total. The van der Waals surface area contributed by atoms with Crippen molar-refractivity contribution >= 4 is 5.71 Å². The van der Waals surface area contributed by atoms with Crippen molar-refractivity contribution in [1.82, 2.24) is 4.90 Å². The maximum Gasteiger partial charge on any atom is 0.130 e. The lowest BCUT2D eigenvalue weighted by Gasteiger charge is -2.58. The van der Waals surface area contributed by atoms with Crippen molar-refractivity contribution in [3.05, 3.63) is 11.6 Å². The van der Waals surface area contributed by atoms with E-state index in [0.717, 1.165) is 57.5 Å². The summed E-state index contributed by atoms with van der Waals surface area (Å²) in [6, 6.07) is 0. The highest BCUT2D eigenvalue weighted by atomic mass is 16.6. The van der Waals surface area contributed by atoms with Crippen LogP contribution in [0.1, 0.15) is 79.1 Å². The van der Waals surface area contributed by atoms with Crippen LogP contribution in [0, 0.1) is 40.9 Å². The molecule has 6 atom stereocenters. The van der Waals surface area contributed by atoms with E-state index in [1.54, 1.807) is 5.57 Å². The van der Waals surface area contributed by atoms with E-state index < -0.39 is 5.60 Å². The number of hydrogen-bond acceptors (Lipinski definition) is 4. The molecule has 0 aromatic rings. The molecule has 0 spiro atoms. The lowest BCUT2D eigenvalue weighted by atomic mass is 9.46. The summed E-state index contributed by atoms with van der Waals surface area (Å²) in [4.78, 5) is 8.05. The molecule has 172 valence electrons. The van der Waals surface area contributed by atoms with Crippen LogP contribution in [0.5, 0.6) is 0 Å². The molecule has 0 saturated heterocycles. The van der Waals surface area contributed by atoms with E-state index in [9.17, 15) is 5.11 Å². The van der Waals surface area contributed by atoms with Gasteiger partial charge in [0.2, 0.25) is 0 Å². The van der Waals surface area contributed by atoms with Gasteiger partial charge in [-0.2, -0.15) is 0 Å². The number of allylic oxidation sites excluding steroid dienone is 2. The van der Waals surface area contributed by atoms with Crippen LogP contribution >= 0.6 is 0 Å². The second-order valence-electron chi connectivity index (χ2n) is 10.9. The van der Waals surface area contributed by atoms with Crippen molar-refractivity contribution < 1.29 is 9.94 Å². The van der Waals surface area contributed by atoms with Gasteiger partial charge in [-0.15, -0.1) is 6.42 Å². The normalized spacial score (nSPS) is 43.1. The van der Waals surface area contributed by atoms with Crippen molar-refractivity contribution in [2.75, 3.05) is 26.2 Å². The number of nitrogens with zero attached hydrogens (tertiary/aromatic N) is 2. The van der Waals surface area contributed by atoms with Crippen molar-refractivity contribution in [3.63, 3.8) is 0 Å². The molecule has 0 aromatic carbocycles. The van der Waals surface area contributed by atoms with Gasteiger partial charge >= 0.3 is 0 Å². The molecular formula is C27H42N2O2. The number of terminal acetylenes is 1. The minimum absolute atomic E-state index is 0.111. The Morgan fingerprint density at radius 2 is 1.87 bits per heavy atom. The Balaban J connectivity index is 1.46. The molecule has 4 rings (SSSR count). The first-order chi connectivity index (χ1) is 14.8. The fourth-order valence-corrected chi connectivity index (χ4v) is 7.73. The number of likely N-dealkylation sites (N-methyl/N-ethyl adjacent to an activating group) is 1. The van der Waals surface area contributed by atoms with Crippen molar-refractivity contribution in [3.8, 4) is 12.3 Å². The molecule has 31 heavy (non-hydrogen) atoms. The summed E-state index contributed by atoms with van der Waals surface area (Å²) < 4.78 is 0. The Hall–Kier alpha value is -1.31. The van der Waals surface area contributed by atoms with Gasteiger partial charge in [0.25, 0.3) is 0 Å². The number of hydrogen-bond donors (Lipinski definition) is 1. The van der Waals surface area contributed by atoms with Crippen LogP contribution in [0.2, 0.25) is 0 Å². The molecule has 4 aliphatic rings. The maximum atomic E-state index is 11.2. The molecule has 0 bridgehead atoms. The summed E-state index contributed by atoms with van der Waals surface area (Å²) in [7, 11) is 0. The minimum Gasteiger partial charge on any atom is -0.394 e. The molecule has 3 saturated carbocycles. The maximum absolute atomic E-state index is 11.2. The van der Waals surface area contributed by atoms with Crippen LogP contribution in [0.3, 0.4) is 0 Å². The third kappa shape index (κ3) is 3.66. The highest BCUT2D eigenvalue weighted by Gasteiger charge is 2.63. The summed E-state index contributed by atoms with van der Waals surface area (Å²) in [5, 5.41) is 15.7. The van der Waals surface area contributed by atoms with E-state index in [1.807, 2.05) is 0 Å². The molecule has 0 radical (unpaired) electrons. The van der Waals surface area contributed by atoms with Gasteiger partial charge < -0.3 is 14.8 Å². The molecule has 3 unspecified atom stereocenters. The third-order valence-corrected chi connectivity index (χ3v) is 9.94. The van der Waals surface area contributed by atoms with E-state index in [2.05, 4.69) is 49.7 Å². The van der Waals surface area contributed by atoms with Crippen LogP contribution in [0.25, 0.3) is 0 Å². The van der Waals surface area contributed by atoms with Gasteiger partial charge in [0.05, 0.1) is 5.71 Å². The zero-order valence-corrected chi connectivity index (χ0v) is 20.1. The Bertz CT molecular complexity index is 779. The number of aliphatic hydroxyl groups is 1. The molecule has 0 amide bonds.